The van der Waals surface area contributed by atoms with Gasteiger partial charge in [0, 0.05) is 10.2 Å². The number of rotatable bonds is 3. The van der Waals surface area contributed by atoms with Crippen LogP contribution in [0, 0.1) is 0 Å². The van der Waals surface area contributed by atoms with Gasteiger partial charge < -0.3 is 11.1 Å². The standard InChI is InChI=1S/C13H10BrClN2S/c14-8-4-6-9(7-5-8)17-11-3-1-2-10(15)12(11)13(16)18/h1-7,17H,(H2,16,18). The number of hydrogen-bond donors (Lipinski definition) is 2. The zero-order valence-electron chi connectivity index (χ0n) is 9.28. The molecule has 0 aromatic heterocycles. The van der Waals surface area contributed by atoms with Gasteiger partial charge in [-0.3, -0.25) is 0 Å². The molecule has 0 saturated heterocycles. The lowest BCUT2D eigenvalue weighted by Gasteiger charge is -2.12. The van der Waals surface area contributed by atoms with Crippen LogP contribution >= 0.6 is 39.7 Å². The summed E-state index contributed by atoms with van der Waals surface area (Å²) in [6.45, 7) is 0. The Morgan fingerprint density at radius 1 is 1.17 bits per heavy atom. The van der Waals surface area contributed by atoms with Gasteiger partial charge in [0.25, 0.3) is 0 Å². The van der Waals surface area contributed by atoms with Gasteiger partial charge in [-0.2, -0.15) is 0 Å². The Labute approximate surface area is 124 Å². The van der Waals surface area contributed by atoms with Gasteiger partial charge in [-0.15, -0.1) is 0 Å². The van der Waals surface area contributed by atoms with E-state index in [1.54, 1.807) is 6.07 Å². The van der Waals surface area contributed by atoms with Gasteiger partial charge in [-0.05, 0) is 36.4 Å². The van der Waals surface area contributed by atoms with E-state index >= 15 is 0 Å². The number of hydrogen-bond acceptors (Lipinski definition) is 2. The second-order valence-corrected chi connectivity index (χ2v) is 5.42. The molecule has 0 amide bonds. The number of nitrogens with one attached hydrogen (secondary N) is 1. The first kappa shape index (κ1) is 13.3. The average Bonchev–Trinajstić information content (AvgIpc) is 2.32. The summed E-state index contributed by atoms with van der Waals surface area (Å²) in [5, 5.41) is 3.80. The maximum atomic E-state index is 6.10. The van der Waals surface area contributed by atoms with Crippen LogP contribution in [-0.4, -0.2) is 4.99 Å². The van der Waals surface area contributed by atoms with Crippen molar-refractivity contribution in [3.8, 4) is 0 Å². The largest absolute Gasteiger partial charge is 0.389 e. The lowest BCUT2D eigenvalue weighted by Crippen LogP contribution is -2.12. The molecule has 0 heterocycles. The Morgan fingerprint density at radius 3 is 2.44 bits per heavy atom. The normalized spacial score (nSPS) is 10.1. The van der Waals surface area contributed by atoms with Gasteiger partial charge in [-0.25, -0.2) is 0 Å². The first-order valence-electron chi connectivity index (χ1n) is 5.19. The number of benzene rings is 2. The topological polar surface area (TPSA) is 38.0 Å². The molecule has 0 spiro atoms. The van der Waals surface area contributed by atoms with Crippen molar-refractivity contribution in [2.45, 2.75) is 0 Å². The fourth-order valence-corrected chi connectivity index (χ4v) is 2.38. The van der Waals surface area contributed by atoms with Crippen molar-refractivity contribution in [2.75, 3.05) is 5.32 Å². The summed E-state index contributed by atoms with van der Waals surface area (Å²) in [7, 11) is 0. The molecule has 0 unspecified atom stereocenters. The van der Waals surface area contributed by atoms with Crippen LogP contribution in [0.1, 0.15) is 5.56 Å². The number of nitrogens with two attached hydrogens (primary N) is 1. The first-order valence-corrected chi connectivity index (χ1v) is 6.77. The fraction of sp³-hybridized carbons (Fsp3) is 0. The van der Waals surface area contributed by atoms with Gasteiger partial charge >= 0.3 is 0 Å². The third-order valence-corrected chi connectivity index (χ3v) is 3.43. The highest BCUT2D eigenvalue weighted by atomic mass is 79.9. The van der Waals surface area contributed by atoms with E-state index in [1.807, 2.05) is 36.4 Å². The van der Waals surface area contributed by atoms with Crippen LogP contribution in [0.3, 0.4) is 0 Å². The number of thiocarbonyl (C=S) groups is 1. The third kappa shape index (κ3) is 3.02. The van der Waals surface area contributed by atoms with E-state index in [0.29, 0.717) is 10.6 Å². The highest BCUT2D eigenvalue weighted by Gasteiger charge is 2.09. The summed E-state index contributed by atoms with van der Waals surface area (Å²) in [5.74, 6) is 0. The van der Waals surface area contributed by atoms with E-state index < -0.39 is 0 Å². The zero-order valence-corrected chi connectivity index (χ0v) is 12.4. The second kappa shape index (κ2) is 5.69. The van der Waals surface area contributed by atoms with Crippen LogP contribution < -0.4 is 11.1 Å². The van der Waals surface area contributed by atoms with Crippen LogP contribution in [0.2, 0.25) is 5.02 Å². The van der Waals surface area contributed by atoms with E-state index in [-0.39, 0.29) is 4.99 Å². The number of halogens is 2. The van der Waals surface area contributed by atoms with Gasteiger partial charge in [0.15, 0.2) is 0 Å². The summed E-state index contributed by atoms with van der Waals surface area (Å²) in [5.41, 5.74) is 8.10. The summed E-state index contributed by atoms with van der Waals surface area (Å²) in [4.78, 5) is 0.278. The van der Waals surface area contributed by atoms with Crippen molar-refractivity contribution in [1.29, 1.82) is 0 Å². The lowest BCUT2D eigenvalue weighted by molar-refractivity contribution is 1.51. The molecular weight excluding hydrogens is 332 g/mol. The minimum absolute atomic E-state index is 0.278. The molecule has 0 aliphatic rings. The minimum Gasteiger partial charge on any atom is -0.389 e. The van der Waals surface area contributed by atoms with E-state index in [9.17, 15) is 0 Å². The molecule has 0 radical (unpaired) electrons. The molecule has 0 fully saturated rings. The molecule has 3 N–H and O–H groups in total. The Morgan fingerprint density at radius 2 is 1.83 bits per heavy atom. The van der Waals surface area contributed by atoms with Crippen LogP contribution in [-0.2, 0) is 0 Å². The molecule has 2 rings (SSSR count). The summed E-state index contributed by atoms with van der Waals surface area (Å²) >= 11 is 14.5. The minimum atomic E-state index is 0.278. The van der Waals surface area contributed by atoms with E-state index in [0.717, 1.165) is 15.8 Å². The second-order valence-electron chi connectivity index (χ2n) is 3.66. The molecule has 0 bridgehead atoms. The quantitative estimate of drug-likeness (QED) is 0.808. The Bertz CT molecular complexity index is 584. The fourth-order valence-electron chi connectivity index (χ4n) is 1.57. The molecule has 92 valence electrons. The van der Waals surface area contributed by atoms with Gasteiger partial charge in [0.05, 0.1) is 16.3 Å². The highest BCUT2D eigenvalue weighted by molar-refractivity contribution is 9.10. The highest BCUT2D eigenvalue weighted by Crippen LogP contribution is 2.27. The van der Waals surface area contributed by atoms with Crippen molar-refractivity contribution in [3.63, 3.8) is 0 Å². The van der Waals surface area contributed by atoms with Gasteiger partial charge in [-0.1, -0.05) is 45.8 Å². The maximum Gasteiger partial charge on any atom is 0.107 e. The van der Waals surface area contributed by atoms with Crippen molar-refractivity contribution < 1.29 is 0 Å². The van der Waals surface area contributed by atoms with Crippen molar-refractivity contribution >= 4 is 56.1 Å². The Kier molecular flexibility index (Phi) is 4.22. The van der Waals surface area contributed by atoms with Crippen molar-refractivity contribution in [2.24, 2.45) is 5.73 Å². The molecule has 2 aromatic rings. The SMILES string of the molecule is NC(=S)c1c(Cl)cccc1Nc1ccc(Br)cc1. The molecule has 0 atom stereocenters. The average molecular weight is 342 g/mol. The van der Waals surface area contributed by atoms with E-state index in [1.165, 1.54) is 0 Å². The van der Waals surface area contributed by atoms with Crippen LogP contribution in [0.4, 0.5) is 11.4 Å². The van der Waals surface area contributed by atoms with Crippen LogP contribution in [0.25, 0.3) is 0 Å². The van der Waals surface area contributed by atoms with E-state index in [4.69, 9.17) is 29.6 Å². The van der Waals surface area contributed by atoms with Crippen molar-refractivity contribution in [1.82, 2.24) is 0 Å². The van der Waals surface area contributed by atoms with E-state index in [2.05, 4.69) is 21.2 Å². The Hall–Kier alpha value is -1.10. The number of anilines is 2. The van der Waals surface area contributed by atoms with Crippen molar-refractivity contribution in [3.05, 3.63) is 57.5 Å². The molecule has 0 aliphatic carbocycles. The molecule has 18 heavy (non-hydrogen) atoms. The summed E-state index contributed by atoms with van der Waals surface area (Å²) < 4.78 is 1.02. The molecular formula is C13H10BrClN2S. The molecule has 0 saturated carbocycles. The monoisotopic (exact) mass is 340 g/mol. The first-order chi connectivity index (χ1) is 8.58. The smallest absolute Gasteiger partial charge is 0.107 e. The molecule has 5 heteroatoms. The molecule has 2 nitrogen and oxygen atoms in total. The third-order valence-electron chi connectivity index (χ3n) is 2.38. The van der Waals surface area contributed by atoms with Gasteiger partial charge in [0.1, 0.15) is 4.99 Å². The van der Waals surface area contributed by atoms with Crippen LogP contribution in [0.5, 0.6) is 0 Å². The lowest BCUT2D eigenvalue weighted by atomic mass is 10.1. The molecule has 2 aromatic carbocycles. The predicted octanol–water partition coefficient (Wildman–Crippen LogP) is 4.48. The Balaban J connectivity index is 2.37. The zero-order chi connectivity index (χ0) is 13.1. The molecule has 0 aliphatic heterocycles. The maximum absolute atomic E-state index is 6.10. The van der Waals surface area contributed by atoms with Gasteiger partial charge in [0.2, 0.25) is 0 Å². The van der Waals surface area contributed by atoms with Crippen LogP contribution in [0.15, 0.2) is 46.9 Å². The summed E-state index contributed by atoms with van der Waals surface area (Å²) in [6, 6.07) is 13.3. The summed E-state index contributed by atoms with van der Waals surface area (Å²) in [6.07, 6.45) is 0. The predicted molar refractivity (Wildman–Crippen MR) is 84.8 cm³/mol.